The SMILES string of the molecule is C[C@]12CCc3c(sc4cc(O)ccc34)C1=CC[C@@H]2O. The lowest BCUT2D eigenvalue weighted by molar-refractivity contribution is 0.0830. The summed E-state index contributed by atoms with van der Waals surface area (Å²) in [7, 11) is 0. The minimum absolute atomic E-state index is 0.0735. The van der Waals surface area contributed by atoms with Crippen molar-refractivity contribution in [1.82, 2.24) is 0 Å². The Balaban J connectivity index is 1.98. The molecule has 2 N–H and O–H groups in total. The molecule has 98 valence electrons. The highest BCUT2D eigenvalue weighted by Crippen LogP contribution is 2.55. The lowest BCUT2D eigenvalue weighted by Crippen LogP contribution is -2.32. The fraction of sp³-hybridized carbons (Fsp3) is 0.375. The van der Waals surface area contributed by atoms with Crippen LogP contribution in [-0.4, -0.2) is 16.3 Å². The van der Waals surface area contributed by atoms with E-state index < -0.39 is 0 Å². The van der Waals surface area contributed by atoms with E-state index in [1.54, 1.807) is 17.4 Å². The molecule has 1 aromatic heterocycles. The van der Waals surface area contributed by atoms with Gasteiger partial charge in [-0.2, -0.15) is 0 Å². The van der Waals surface area contributed by atoms with Gasteiger partial charge >= 0.3 is 0 Å². The summed E-state index contributed by atoms with van der Waals surface area (Å²) in [6.07, 6.45) is 4.77. The third-order valence-electron chi connectivity index (χ3n) is 4.81. The molecule has 0 amide bonds. The number of hydrogen-bond donors (Lipinski definition) is 2. The molecule has 2 nitrogen and oxygen atoms in total. The van der Waals surface area contributed by atoms with Crippen molar-refractivity contribution >= 4 is 27.0 Å². The van der Waals surface area contributed by atoms with Crippen LogP contribution < -0.4 is 0 Å². The van der Waals surface area contributed by atoms with Gasteiger partial charge in [-0.1, -0.05) is 13.0 Å². The van der Waals surface area contributed by atoms with Crippen molar-refractivity contribution in [2.24, 2.45) is 5.41 Å². The number of rotatable bonds is 0. The molecule has 0 radical (unpaired) electrons. The Labute approximate surface area is 116 Å². The monoisotopic (exact) mass is 272 g/mol. The highest BCUT2D eigenvalue weighted by Gasteiger charge is 2.44. The number of fused-ring (bicyclic) bond motifs is 5. The highest BCUT2D eigenvalue weighted by atomic mass is 32.1. The van der Waals surface area contributed by atoms with Crippen LogP contribution in [0.25, 0.3) is 15.7 Å². The molecule has 0 bridgehead atoms. The van der Waals surface area contributed by atoms with E-state index in [-0.39, 0.29) is 11.5 Å². The van der Waals surface area contributed by atoms with Gasteiger partial charge in [-0.25, -0.2) is 0 Å². The first-order chi connectivity index (χ1) is 9.09. The second-order valence-corrected chi connectivity index (χ2v) is 6.93. The Morgan fingerprint density at radius 2 is 2.21 bits per heavy atom. The van der Waals surface area contributed by atoms with Gasteiger partial charge in [0.25, 0.3) is 0 Å². The minimum Gasteiger partial charge on any atom is -0.508 e. The summed E-state index contributed by atoms with van der Waals surface area (Å²) in [4.78, 5) is 1.32. The number of phenols is 1. The van der Waals surface area contributed by atoms with Gasteiger partial charge in [-0.15, -0.1) is 11.3 Å². The molecule has 1 aromatic carbocycles. The number of benzene rings is 1. The maximum absolute atomic E-state index is 10.2. The maximum atomic E-state index is 10.2. The lowest BCUT2D eigenvalue weighted by Gasteiger charge is -2.35. The number of aryl methyl sites for hydroxylation is 1. The van der Waals surface area contributed by atoms with Crippen LogP contribution >= 0.6 is 11.3 Å². The van der Waals surface area contributed by atoms with Crippen molar-refractivity contribution in [2.45, 2.75) is 32.3 Å². The van der Waals surface area contributed by atoms with Crippen LogP contribution in [0.1, 0.15) is 30.2 Å². The molecule has 0 spiro atoms. The molecule has 1 heterocycles. The number of phenolic OH excluding ortho intramolecular Hbond substituents is 1. The van der Waals surface area contributed by atoms with Gasteiger partial charge in [-0.05, 0) is 54.0 Å². The van der Waals surface area contributed by atoms with Gasteiger partial charge in [0.15, 0.2) is 0 Å². The number of thiophene rings is 1. The van der Waals surface area contributed by atoms with E-state index in [1.165, 1.54) is 21.4 Å². The van der Waals surface area contributed by atoms with Crippen molar-refractivity contribution in [1.29, 1.82) is 0 Å². The normalized spacial score (nSPS) is 29.2. The summed E-state index contributed by atoms with van der Waals surface area (Å²) in [5.41, 5.74) is 2.65. The van der Waals surface area contributed by atoms with Crippen LogP contribution in [0.3, 0.4) is 0 Å². The van der Waals surface area contributed by atoms with Crippen LogP contribution in [0.15, 0.2) is 24.3 Å². The largest absolute Gasteiger partial charge is 0.508 e. The molecule has 2 aliphatic carbocycles. The molecule has 19 heavy (non-hydrogen) atoms. The van der Waals surface area contributed by atoms with Crippen LogP contribution in [0, 0.1) is 5.41 Å². The number of aromatic hydroxyl groups is 1. The Bertz CT molecular complexity index is 713. The molecule has 0 saturated heterocycles. The maximum Gasteiger partial charge on any atom is 0.117 e. The van der Waals surface area contributed by atoms with Gasteiger partial charge in [0, 0.05) is 15.0 Å². The third-order valence-corrected chi connectivity index (χ3v) is 6.04. The van der Waals surface area contributed by atoms with Crippen LogP contribution in [0.2, 0.25) is 0 Å². The van der Waals surface area contributed by atoms with Crippen LogP contribution in [0.4, 0.5) is 0 Å². The summed E-state index contributed by atoms with van der Waals surface area (Å²) in [5.74, 6) is 0.328. The third kappa shape index (κ3) is 1.40. The molecule has 0 unspecified atom stereocenters. The second kappa shape index (κ2) is 3.62. The molecule has 2 aromatic rings. The van der Waals surface area contributed by atoms with E-state index in [2.05, 4.69) is 13.0 Å². The van der Waals surface area contributed by atoms with Crippen LogP contribution in [0.5, 0.6) is 5.75 Å². The summed E-state index contributed by atoms with van der Waals surface area (Å²) in [6, 6.07) is 5.64. The summed E-state index contributed by atoms with van der Waals surface area (Å²) < 4.78 is 1.15. The first-order valence-electron chi connectivity index (χ1n) is 6.73. The molecule has 0 saturated carbocycles. The number of aliphatic hydroxyl groups excluding tert-OH is 1. The van der Waals surface area contributed by atoms with E-state index in [0.717, 1.165) is 24.0 Å². The van der Waals surface area contributed by atoms with E-state index in [4.69, 9.17) is 0 Å². The quantitative estimate of drug-likeness (QED) is 0.767. The zero-order valence-electron chi connectivity index (χ0n) is 10.8. The Morgan fingerprint density at radius 3 is 3.05 bits per heavy atom. The minimum atomic E-state index is -0.241. The molecule has 0 fully saturated rings. The van der Waals surface area contributed by atoms with E-state index >= 15 is 0 Å². The van der Waals surface area contributed by atoms with E-state index in [9.17, 15) is 10.2 Å². The first-order valence-corrected chi connectivity index (χ1v) is 7.55. The van der Waals surface area contributed by atoms with E-state index in [1.807, 2.05) is 12.1 Å². The summed E-state index contributed by atoms with van der Waals surface area (Å²) >= 11 is 1.75. The molecule has 0 aliphatic heterocycles. The fourth-order valence-electron chi connectivity index (χ4n) is 3.54. The van der Waals surface area contributed by atoms with Crippen molar-refractivity contribution in [3.8, 4) is 5.75 Å². The van der Waals surface area contributed by atoms with Gasteiger partial charge < -0.3 is 10.2 Å². The highest BCUT2D eigenvalue weighted by molar-refractivity contribution is 7.20. The lowest BCUT2D eigenvalue weighted by atomic mass is 9.71. The average Bonchev–Trinajstić information content (AvgIpc) is 2.87. The standard InChI is InChI=1S/C16H16O2S/c1-16-7-6-11-10-3-2-9(17)8-13(10)19-15(11)12(16)4-5-14(16)18/h2-4,8,14,17-18H,5-7H2,1H3/t14-,16-/m0/s1. The second-order valence-electron chi connectivity index (χ2n) is 5.88. The molecule has 3 heteroatoms. The zero-order valence-corrected chi connectivity index (χ0v) is 11.6. The molecular weight excluding hydrogens is 256 g/mol. The topological polar surface area (TPSA) is 40.5 Å². The zero-order chi connectivity index (χ0) is 13.2. The van der Waals surface area contributed by atoms with Gasteiger partial charge in [0.2, 0.25) is 0 Å². The van der Waals surface area contributed by atoms with E-state index in [0.29, 0.717) is 5.75 Å². The van der Waals surface area contributed by atoms with Crippen molar-refractivity contribution in [3.05, 3.63) is 34.7 Å². The van der Waals surface area contributed by atoms with Crippen molar-refractivity contribution in [3.63, 3.8) is 0 Å². The molecular formula is C16H16O2S. The fourth-order valence-corrected chi connectivity index (χ4v) is 5.01. The molecule has 4 rings (SSSR count). The Hall–Kier alpha value is -1.32. The molecule has 2 aliphatic rings. The smallest absolute Gasteiger partial charge is 0.117 e. The predicted octanol–water partition coefficient (Wildman–Crippen LogP) is 3.71. The average molecular weight is 272 g/mol. The Kier molecular flexibility index (Phi) is 2.19. The Morgan fingerprint density at radius 1 is 1.37 bits per heavy atom. The van der Waals surface area contributed by atoms with Crippen molar-refractivity contribution < 1.29 is 10.2 Å². The van der Waals surface area contributed by atoms with Crippen LogP contribution in [-0.2, 0) is 6.42 Å². The van der Waals surface area contributed by atoms with Gasteiger partial charge in [-0.3, -0.25) is 0 Å². The summed E-state index contributed by atoms with van der Waals surface area (Å²) in [6.45, 7) is 2.18. The number of hydrogen-bond acceptors (Lipinski definition) is 3. The predicted molar refractivity (Wildman–Crippen MR) is 78.5 cm³/mol. The van der Waals surface area contributed by atoms with Gasteiger partial charge in [0.05, 0.1) is 6.10 Å². The van der Waals surface area contributed by atoms with Crippen molar-refractivity contribution in [2.75, 3.05) is 0 Å². The summed E-state index contributed by atoms with van der Waals surface area (Å²) in [5, 5.41) is 21.1. The number of aliphatic hydroxyl groups is 1. The molecule has 2 atom stereocenters. The first kappa shape index (κ1) is 11.5. The van der Waals surface area contributed by atoms with Gasteiger partial charge in [0.1, 0.15) is 5.75 Å².